The first kappa shape index (κ1) is 15.4. The lowest BCUT2D eigenvalue weighted by atomic mass is 10.0. The van der Waals surface area contributed by atoms with E-state index in [2.05, 4.69) is 4.98 Å². The van der Waals surface area contributed by atoms with Crippen LogP contribution in [0.15, 0.2) is 30.6 Å². The van der Waals surface area contributed by atoms with Crippen LogP contribution >= 0.6 is 11.6 Å². The number of nitrogens with zero attached hydrogens (tertiary/aromatic N) is 1. The number of nitrogens with two attached hydrogens (primary N) is 1. The van der Waals surface area contributed by atoms with E-state index in [9.17, 15) is 0 Å². The number of aromatic nitrogens is 1. The molecule has 5 nitrogen and oxygen atoms in total. The molecule has 0 aliphatic rings. The summed E-state index contributed by atoms with van der Waals surface area (Å²) in [5, 5.41) is 0.443. The van der Waals surface area contributed by atoms with Gasteiger partial charge in [0.1, 0.15) is 5.75 Å². The minimum Gasteiger partial charge on any atom is -0.495 e. The number of hydrogen-bond donors (Lipinski definition) is 1. The zero-order valence-corrected chi connectivity index (χ0v) is 12.8. The second-order valence-electron chi connectivity index (χ2n) is 4.37. The van der Waals surface area contributed by atoms with E-state index in [1.807, 2.05) is 6.07 Å². The van der Waals surface area contributed by atoms with Gasteiger partial charge < -0.3 is 19.9 Å². The highest BCUT2D eigenvalue weighted by Gasteiger charge is 2.16. The molecule has 0 amide bonds. The van der Waals surface area contributed by atoms with E-state index in [1.165, 1.54) is 7.11 Å². The van der Waals surface area contributed by atoms with Crippen molar-refractivity contribution in [1.82, 2.24) is 4.98 Å². The van der Waals surface area contributed by atoms with E-state index < -0.39 is 6.04 Å². The van der Waals surface area contributed by atoms with E-state index in [4.69, 9.17) is 31.5 Å². The molecule has 0 saturated carbocycles. The summed E-state index contributed by atoms with van der Waals surface area (Å²) >= 11 is 6.20. The smallest absolute Gasteiger partial charge is 0.179 e. The summed E-state index contributed by atoms with van der Waals surface area (Å²) in [5.41, 5.74) is 7.89. The van der Waals surface area contributed by atoms with E-state index >= 15 is 0 Å². The van der Waals surface area contributed by atoms with Gasteiger partial charge in [-0.15, -0.1) is 0 Å². The highest BCUT2D eigenvalue weighted by atomic mass is 35.5. The SMILES string of the molecule is COc1cncc(C(N)c2cc(Cl)c(OC)c(OC)c2)c1. The second kappa shape index (κ2) is 6.65. The van der Waals surface area contributed by atoms with Gasteiger partial charge in [0.05, 0.1) is 38.6 Å². The summed E-state index contributed by atoms with van der Waals surface area (Å²) in [7, 11) is 4.67. The fourth-order valence-electron chi connectivity index (χ4n) is 2.03. The monoisotopic (exact) mass is 308 g/mol. The molecule has 2 rings (SSSR count). The molecule has 112 valence electrons. The van der Waals surface area contributed by atoms with Gasteiger partial charge in [0.25, 0.3) is 0 Å². The summed E-state index contributed by atoms with van der Waals surface area (Å²) in [6.07, 6.45) is 3.32. The standard InChI is InChI=1S/C15H17ClN2O3/c1-19-11-4-10(7-18-8-11)14(17)9-5-12(16)15(21-3)13(6-9)20-2/h4-8,14H,17H2,1-3H3. The quantitative estimate of drug-likeness (QED) is 0.920. The molecule has 6 heteroatoms. The highest BCUT2D eigenvalue weighted by Crippen LogP contribution is 2.38. The molecule has 0 aliphatic heterocycles. The van der Waals surface area contributed by atoms with Crippen molar-refractivity contribution < 1.29 is 14.2 Å². The van der Waals surface area contributed by atoms with Gasteiger partial charge in [-0.1, -0.05) is 11.6 Å². The van der Waals surface area contributed by atoms with Gasteiger partial charge in [-0.25, -0.2) is 0 Å². The zero-order valence-electron chi connectivity index (χ0n) is 12.1. The third-order valence-corrected chi connectivity index (χ3v) is 3.42. The summed E-state index contributed by atoms with van der Waals surface area (Å²) in [6, 6.07) is 4.99. The second-order valence-corrected chi connectivity index (χ2v) is 4.78. The maximum Gasteiger partial charge on any atom is 0.179 e. The fraction of sp³-hybridized carbons (Fsp3) is 0.267. The third-order valence-electron chi connectivity index (χ3n) is 3.14. The lowest BCUT2D eigenvalue weighted by Gasteiger charge is -2.17. The number of methoxy groups -OCH3 is 3. The number of pyridine rings is 1. The van der Waals surface area contributed by atoms with Crippen LogP contribution in [0.4, 0.5) is 0 Å². The Hall–Kier alpha value is -1.98. The molecule has 21 heavy (non-hydrogen) atoms. The normalized spacial score (nSPS) is 11.9. The van der Waals surface area contributed by atoms with Crippen LogP contribution in [0.5, 0.6) is 17.2 Å². The van der Waals surface area contributed by atoms with Crippen LogP contribution < -0.4 is 19.9 Å². The van der Waals surface area contributed by atoms with Gasteiger partial charge in [-0.2, -0.15) is 0 Å². The zero-order chi connectivity index (χ0) is 15.4. The number of ether oxygens (including phenoxy) is 3. The number of benzene rings is 1. The summed E-state index contributed by atoms with van der Waals surface area (Å²) in [6.45, 7) is 0. The van der Waals surface area contributed by atoms with Gasteiger partial charge in [0.15, 0.2) is 11.5 Å². The third kappa shape index (κ3) is 3.20. The van der Waals surface area contributed by atoms with Crippen LogP contribution in [-0.2, 0) is 0 Å². The van der Waals surface area contributed by atoms with E-state index in [-0.39, 0.29) is 0 Å². The molecule has 0 saturated heterocycles. The Morgan fingerprint density at radius 1 is 1.00 bits per heavy atom. The minimum absolute atomic E-state index is 0.398. The number of halogens is 1. The first-order valence-electron chi connectivity index (χ1n) is 6.26. The van der Waals surface area contributed by atoms with Gasteiger partial charge in [-0.05, 0) is 29.3 Å². The molecule has 0 spiro atoms. The maximum absolute atomic E-state index is 6.27. The first-order valence-corrected chi connectivity index (χ1v) is 6.64. The molecular formula is C15H17ClN2O3. The molecule has 1 unspecified atom stereocenters. The van der Waals surface area contributed by atoms with Crippen molar-refractivity contribution in [3.8, 4) is 17.2 Å². The molecule has 0 radical (unpaired) electrons. The van der Waals surface area contributed by atoms with Crippen LogP contribution in [0, 0.1) is 0 Å². The van der Waals surface area contributed by atoms with Crippen LogP contribution in [-0.4, -0.2) is 26.3 Å². The molecular weight excluding hydrogens is 292 g/mol. The Morgan fingerprint density at radius 3 is 2.38 bits per heavy atom. The molecule has 2 N–H and O–H groups in total. The van der Waals surface area contributed by atoms with Gasteiger partial charge in [-0.3, -0.25) is 4.98 Å². The molecule has 1 heterocycles. The number of hydrogen-bond acceptors (Lipinski definition) is 5. The summed E-state index contributed by atoms with van der Waals surface area (Å²) in [4.78, 5) is 4.11. The van der Waals surface area contributed by atoms with Crippen molar-refractivity contribution in [2.75, 3.05) is 21.3 Å². The molecule has 0 aliphatic carbocycles. The highest BCUT2D eigenvalue weighted by molar-refractivity contribution is 6.32. The predicted molar refractivity (Wildman–Crippen MR) is 81.4 cm³/mol. The van der Waals surface area contributed by atoms with E-state index in [1.54, 1.807) is 38.7 Å². The molecule has 2 aromatic rings. The van der Waals surface area contributed by atoms with Crippen molar-refractivity contribution in [1.29, 1.82) is 0 Å². The van der Waals surface area contributed by atoms with Gasteiger partial charge in [0.2, 0.25) is 0 Å². The minimum atomic E-state index is -0.398. The van der Waals surface area contributed by atoms with Crippen LogP contribution in [0.1, 0.15) is 17.2 Å². The summed E-state index contributed by atoms with van der Waals surface area (Å²) in [5.74, 6) is 1.67. The van der Waals surface area contributed by atoms with Crippen LogP contribution in [0.3, 0.4) is 0 Å². The van der Waals surface area contributed by atoms with Crippen LogP contribution in [0.25, 0.3) is 0 Å². The van der Waals surface area contributed by atoms with Gasteiger partial charge in [0, 0.05) is 6.20 Å². The molecule has 1 aromatic carbocycles. The first-order chi connectivity index (χ1) is 10.1. The van der Waals surface area contributed by atoms with E-state index in [0.29, 0.717) is 22.3 Å². The lowest BCUT2D eigenvalue weighted by Crippen LogP contribution is -2.12. The topological polar surface area (TPSA) is 66.6 Å². The lowest BCUT2D eigenvalue weighted by molar-refractivity contribution is 0.354. The molecule has 1 aromatic heterocycles. The number of rotatable bonds is 5. The van der Waals surface area contributed by atoms with E-state index in [0.717, 1.165) is 11.1 Å². The Bertz CT molecular complexity index is 634. The fourth-order valence-corrected chi connectivity index (χ4v) is 2.32. The average molecular weight is 309 g/mol. The molecule has 0 bridgehead atoms. The predicted octanol–water partition coefficient (Wildman–Crippen LogP) is 2.81. The Kier molecular flexibility index (Phi) is 4.88. The van der Waals surface area contributed by atoms with Gasteiger partial charge >= 0.3 is 0 Å². The van der Waals surface area contributed by atoms with Crippen molar-refractivity contribution >= 4 is 11.6 Å². The molecule has 0 fully saturated rings. The largest absolute Gasteiger partial charge is 0.495 e. The Morgan fingerprint density at radius 2 is 1.76 bits per heavy atom. The average Bonchev–Trinajstić information content (AvgIpc) is 2.53. The van der Waals surface area contributed by atoms with Crippen molar-refractivity contribution in [2.45, 2.75) is 6.04 Å². The van der Waals surface area contributed by atoms with Crippen molar-refractivity contribution in [3.05, 3.63) is 46.7 Å². The maximum atomic E-state index is 6.27. The Labute approximate surface area is 128 Å². The van der Waals surface area contributed by atoms with Crippen LogP contribution in [0.2, 0.25) is 5.02 Å². The summed E-state index contributed by atoms with van der Waals surface area (Å²) < 4.78 is 15.7. The van der Waals surface area contributed by atoms with Crippen molar-refractivity contribution in [3.63, 3.8) is 0 Å². The molecule has 1 atom stereocenters. The Balaban J connectivity index is 2.43. The van der Waals surface area contributed by atoms with Crippen molar-refractivity contribution in [2.24, 2.45) is 5.73 Å².